The zero-order valence-corrected chi connectivity index (χ0v) is 16.6. The molecule has 3 aromatic rings. The molecule has 0 saturated carbocycles. The predicted octanol–water partition coefficient (Wildman–Crippen LogP) is 4.08. The van der Waals surface area contributed by atoms with E-state index in [2.05, 4.69) is 15.6 Å². The summed E-state index contributed by atoms with van der Waals surface area (Å²) < 4.78 is 7.05. The van der Waals surface area contributed by atoms with Crippen LogP contribution in [-0.4, -0.2) is 28.5 Å². The maximum absolute atomic E-state index is 11.9. The lowest BCUT2D eigenvalue weighted by molar-refractivity contribution is -0.123. The van der Waals surface area contributed by atoms with E-state index in [1.807, 2.05) is 37.3 Å². The average Bonchev–Trinajstić information content (AvgIpc) is 2.95. The number of para-hydroxylation sites is 1. The van der Waals surface area contributed by atoms with Gasteiger partial charge in [-0.2, -0.15) is 10.2 Å². The second-order valence-corrected chi connectivity index (χ2v) is 6.71. The number of hydrogen-bond donors (Lipinski definition) is 1. The number of carbonyl (C=O) groups excluding carboxylic acids is 1. The van der Waals surface area contributed by atoms with Crippen molar-refractivity contribution in [1.29, 1.82) is 0 Å². The SMILES string of the molecule is Cc1nn(Cc2ccccc2)c(Cl)c1/C=N\NC(=O)COc1ccccc1Cl. The molecule has 3 rings (SSSR count). The zero-order valence-electron chi connectivity index (χ0n) is 15.1. The molecule has 1 aromatic heterocycles. The fraction of sp³-hybridized carbons (Fsp3) is 0.150. The van der Waals surface area contributed by atoms with Crippen molar-refractivity contribution in [1.82, 2.24) is 15.2 Å². The largest absolute Gasteiger partial charge is 0.482 e. The minimum absolute atomic E-state index is 0.207. The third kappa shape index (κ3) is 5.12. The van der Waals surface area contributed by atoms with Crippen LogP contribution in [0, 0.1) is 6.92 Å². The molecule has 0 fully saturated rings. The number of ether oxygens (including phenoxy) is 1. The van der Waals surface area contributed by atoms with Crippen LogP contribution >= 0.6 is 23.2 Å². The molecule has 0 aliphatic heterocycles. The highest BCUT2D eigenvalue weighted by Gasteiger charge is 2.12. The molecule has 0 radical (unpaired) electrons. The van der Waals surface area contributed by atoms with Gasteiger partial charge in [-0.05, 0) is 24.6 Å². The predicted molar refractivity (Wildman–Crippen MR) is 110 cm³/mol. The third-order valence-corrected chi connectivity index (χ3v) is 4.57. The molecular weight excluding hydrogens is 399 g/mol. The Bertz CT molecular complexity index is 987. The quantitative estimate of drug-likeness (QED) is 0.466. The van der Waals surface area contributed by atoms with Gasteiger partial charge in [-0.3, -0.25) is 4.79 Å². The first-order chi connectivity index (χ1) is 13.5. The lowest BCUT2D eigenvalue weighted by Crippen LogP contribution is -2.24. The number of aromatic nitrogens is 2. The molecule has 0 unspecified atom stereocenters. The maximum Gasteiger partial charge on any atom is 0.277 e. The van der Waals surface area contributed by atoms with E-state index < -0.39 is 5.91 Å². The summed E-state index contributed by atoms with van der Waals surface area (Å²) in [6.45, 7) is 2.17. The van der Waals surface area contributed by atoms with Gasteiger partial charge in [0.25, 0.3) is 5.91 Å². The summed E-state index contributed by atoms with van der Waals surface area (Å²) in [4.78, 5) is 11.9. The van der Waals surface area contributed by atoms with Crippen LogP contribution in [0.25, 0.3) is 0 Å². The molecule has 0 aliphatic rings. The Morgan fingerprint density at radius 2 is 1.89 bits per heavy atom. The van der Waals surface area contributed by atoms with Crippen LogP contribution in [0.4, 0.5) is 0 Å². The Morgan fingerprint density at radius 3 is 2.64 bits per heavy atom. The molecule has 28 heavy (non-hydrogen) atoms. The second kappa shape index (κ2) is 9.39. The number of nitrogens with zero attached hydrogens (tertiary/aromatic N) is 3. The standard InChI is InChI=1S/C20H18Cl2N4O2/c1-14-16(20(22)26(25-14)12-15-7-3-2-4-8-15)11-23-24-19(27)13-28-18-10-6-5-9-17(18)21/h2-11H,12-13H2,1H3,(H,24,27)/b23-11-. The van der Waals surface area contributed by atoms with Gasteiger partial charge >= 0.3 is 0 Å². The van der Waals surface area contributed by atoms with Crippen LogP contribution in [-0.2, 0) is 11.3 Å². The summed E-state index contributed by atoms with van der Waals surface area (Å²) in [5.74, 6) is 0.0194. The number of hydrazone groups is 1. The smallest absolute Gasteiger partial charge is 0.277 e. The number of rotatable bonds is 7. The summed E-state index contributed by atoms with van der Waals surface area (Å²) in [7, 11) is 0. The van der Waals surface area contributed by atoms with Crippen molar-refractivity contribution < 1.29 is 9.53 Å². The second-order valence-electron chi connectivity index (χ2n) is 5.95. The van der Waals surface area contributed by atoms with Gasteiger partial charge in [0.05, 0.1) is 29.0 Å². The minimum atomic E-state index is -0.415. The number of nitrogens with one attached hydrogen (secondary N) is 1. The lowest BCUT2D eigenvalue weighted by atomic mass is 10.2. The van der Waals surface area contributed by atoms with E-state index in [0.717, 1.165) is 5.56 Å². The number of amides is 1. The number of halogens is 2. The van der Waals surface area contributed by atoms with Crippen molar-refractivity contribution in [2.75, 3.05) is 6.61 Å². The van der Waals surface area contributed by atoms with Crippen LogP contribution in [0.1, 0.15) is 16.8 Å². The molecular formula is C20H18Cl2N4O2. The first-order valence-electron chi connectivity index (χ1n) is 8.50. The molecule has 144 valence electrons. The average molecular weight is 417 g/mol. The van der Waals surface area contributed by atoms with Crippen LogP contribution < -0.4 is 10.2 Å². The van der Waals surface area contributed by atoms with Gasteiger partial charge in [0.15, 0.2) is 6.61 Å². The van der Waals surface area contributed by atoms with Gasteiger partial charge in [-0.1, -0.05) is 65.7 Å². The maximum atomic E-state index is 11.9. The Hall–Kier alpha value is -2.83. The van der Waals surface area contributed by atoms with Gasteiger partial charge in [-0.15, -0.1) is 0 Å². The summed E-state index contributed by atoms with van der Waals surface area (Å²) in [6.07, 6.45) is 1.47. The first kappa shape index (κ1) is 19.9. The molecule has 0 bridgehead atoms. The van der Waals surface area contributed by atoms with E-state index in [-0.39, 0.29) is 6.61 Å². The highest BCUT2D eigenvalue weighted by molar-refractivity contribution is 6.32. The summed E-state index contributed by atoms with van der Waals surface area (Å²) in [5, 5.41) is 9.26. The number of benzene rings is 2. The van der Waals surface area contributed by atoms with Crippen molar-refractivity contribution in [2.45, 2.75) is 13.5 Å². The van der Waals surface area contributed by atoms with Crippen molar-refractivity contribution in [3.63, 3.8) is 0 Å². The van der Waals surface area contributed by atoms with E-state index in [4.69, 9.17) is 27.9 Å². The van der Waals surface area contributed by atoms with Crippen molar-refractivity contribution >= 4 is 35.3 Å². The van der Waals surface area contributed by atoms with E-state index in [1.54, 1.807) is 28.9 Å². The molecule has 1 amide bonds. The normalized spacial score (nSPS) is 11.0. The molecule has 0 aliphatic carbocycles. The molecule has 8 heteroatoms. The van der Waals surface area contributed by atoms with Gasteiger partial charge in [-0.25, -0.2) is 10.1 Å². The monoisotopic (exact) mass is 416 g/mol. The molecule has 2 aromatic carbocycles. The Labute approximate surface area is 172 Å². The van der Waals surface area contributed by atoms with Crippen molar-refractivity contribution in [3.8, 4) is 5.75 Å². The van der Waals surface area contributed by atoms with E-state index in [0.29, 0.717) is 33.7 Å². The van der Waals surface area contributed by atoms with Crippen LogP contribution in [0.15, 0.2) is 59.7 Å². The van der Waals surface area contributed by atoms with Gasteiger partial charge in [0.2, 0.25) is 0 Å². The molecule has 1 N–H and O–H groups in total. The molecule has 6 nitrogen and oxygen atoms in total. The van der Waals surface area contributed by atoms with Crippen LogP contribution in [0.2, 0.25) is 10.2 Å². The van der Waals surface area contributed by atoms with Gasteiger partial charge in [0.1, 0.15) is 10.9 Å². The summed E-state index contributed by atoms with van der Waals surface area (Å²) in [5.41, 5.74) is 4.84. The first-order valence-corrected chi connectivity index (χ1v) is 9.26. The Balaban J connectivity index is 1.58. The number of carbonyl (C=O) groups is 1. The van der Waals surface area contributed by atoms with E-state index in [1.165, 1.54) is 6.21 Å². The Morgan fingerprint density at radius 1 is 1.18 bits per heavy atom. The van der Waals surface area contributed by atoms with Crippen molar-refractivity contribution in [3.05, 3.63) is 81.6 Å². The highest BCUT2D eigenvalue weighted by Crippen LogP contribution is 2.23. The van der Waals surface area contributed by atoms with E-state index >= 15 is 0 Å². The molecule has 0 spiro atoms. The van der Waals surface area contributed by atoms with Gasteiger partial charge in [0, 0.05) is 0 Å². The summed E-state index contributed by atoms with van der Waals surface area (Å²) >= 11 is 12.4. The van der Waals surface area contributed by atoms with Crippen LogP contribution in [0.3, 0.4) is 0 Å². The summed E-state index contributed by atoms with van der Waals surface area (Å²) in [6, 6.07) is 16.8. The minimum Gasteiger partial charge on any atom is -0.482 e. The fourth-order valence-corrected chi connectivity index (χ4v) is 2.95. The lowest BCUT2D eigenvalue weighted by Gasteiger charge is -2.06. The van der Waals surface area contributed by atoms with E-state index in [9.17, 15) is 4.79 Å². The third-order valence-electron chi connectivity index (χ3n) is 3.86. The number of aryl methyl sites for hydroxylation is 1. The molecule has 1 heterocycles. The Kier molecular flexibility index (Phi) is 6.68. The van der Waals surface area contributed by atoms with Gasteiger partial charge < -0.3 is 4.74 Å². The zero-order chi connectivity index (χ0) is 19.9. The fourth-order valence-electron chi connectivity index (χ4n) is 2.48. The van der Waals surface area contributed by atoms with Crippen LogP contribution in [0.5, 0.6) is 5.75 Å². The number of hydrogen-bond acceptors (Lipinski definition) is 4. The highest BCUT2D eigenvalue weighted by atomic mass is 35.5. The van der Waals surface area contributed by atoms with Crippen molar-refractivity contribution in [2.24, 2.45) is 5.10 Å². The topological polar surface area (TPSA) is 68.5 Å². The molecule has 0 saturated heterocycles. The molecule has 0 atom stereocenters.